The van der Waals surface area contributed by atoms with Crippen LogP contribution in [0, 0.1) is 5.82 Å². The standard InChI is InChI=1S/C16H12FN5O2S/c17-12-5-2-1-4-11(12)15-19-20-16(22(15)18)25-9-10-8-14(24-21-10)13-6-3-7-23-13/h1-8H,9,18H2. The van der Waals surface area contributed by atoms with Gasteiger partial charge in [0.25, 0.3) is 0 Å². The Morgan fingerprint density at radius 2 is 2.00 bits per heavy atom. The highest BCUT2D eigenvalue weighted by molar-refractivity contribution is 7.98. The zero-order chi connectivity index (χ0) is 17.2. The third kappa shape index (κ3) is 3.01. The smallest absolute Gasteiger partial charge is 0.210 e. The molecule has 0 bridgehead atoms. The van der Waals surface area contributed by atoms with E-state index < -0.39 is 5.82 Å². The van der Waals surface area contributed by atoms with Crippen LogP contribution in [0.25, 0.3) is 22.9 Å². The van der Waals surface area contributed by atoms with Gasteiger partial charge in [0.05, 0.1) is 17.5 Å². The summed E-state index contributed by atoms with van der Waals surface area (Å²) in [5.41, 5.74) is 0.998. The number of halogens is 1. The molecule has 7 nitrogen and oxygen atoms in total. The van der Waals surface area contributed by atoms with Crippen LogP contribution in [0.2, 0.25) is 0 Å². The lowest BCUT2D eigenvalue weighted by molar-refractivity contribution is 0.413. The van der Waals surface area contributed by atoms with E-state index >= 15 is 0 Å². The molecule has 0 saturated heterocycles. The fraction of sp³-hybridized carbons (Fsp3) is 0.0625. The third-order valence-electron chi connectivity index (χ3n) is 3.45. The number of nitrogens with two attached hydrogens (primary N) is 1. The number of hydrogen-bond acceptors (Lipinski definition) is 7. The molecule has 9 heteroatoms. The molecule has 0 amide bonds. The van der Waals surface area contributed by atoms with Gasteiger partial charge in [-0.1, -0.05) is 29.1 Å². The van der Waals surface area contributed by atoms with Gasteiger partial charge in [-0.15, -0.1) is 10.2 Å². The van der Waals surface area contributed by atoms with Crippen LogP contribution in [-0.4, -0.2) is 20.0 Å². The van der Waals surface area contributed by atoms with E-state index in [0.29, 0.717) is 33.7 Å². The van der Waals surface area contributed by atoms with Crippen LogP contribution < -0.4 is 5.84 Å². The highest BCUT2D eigenvalue weighted by atomic mass is 32.2. The van der Waals surface area contributed by atoms with Crippen molar-refractivity contribution in [2.45, 2.75) is 10.9 Å². The van der Waals surface area contributed by atoms with Gasteiger partial charge in [-0.05, 0) is 24.3 Å². The van der Waals surface area contributed by atoms with Crippen molar-refractivity contribution in [1.29, 1.82) is 0 Å². The van der Waals surface area contributed by atoms with E-state index in [1.54, 1.807) is 42.7 Å². The normalized spacial score (nSPS) is 11.1. The number of nitrogens with zero attached hydrogens (tertiary/aromatic N) is 4. The first kappa shape index (κ1) is 15.5. The second-order valence-corrected chi connectivity index (χ2v) is 6.05. The Morgan fingerprint density at radius 3 is 2.80 bits per heavy atom. The molecule has 25 heavy (non-hydrogen) atoms. The molecular weight excluding hydrogens is 345 g/mol. The molecule has 0 saturated carbocycles. The summed E-state index contributed by atoms with van der Waals surface area (Å²) in [5.74, 6) is 7.47. The molecule has 0 unspecified atom stereocenters. The van der Waals surface area contributed by atoms with Crippen molar-refractivity contribution >= 4 is 11.8 Å². The highest BCUT2D eigenvalue weighted by Crippen LogP contribution is 2.27. The zero-order valence-corrected chi connectivity index (χ0v) is 13.6. The molecule has 0 fully saturated rings. The largest absolute Gasteiger partial charge is 0.461 e. The topological polar surface area (TPSA) is 95.9 Å². The number of rotatable bonds is 5. The molecule has 0 atom stereocenters. The lowest BCUT2D eigenvalue weighted by atomic mass is 10.2. The minimum atomic E-state index is -0.405. The third-order valence-corrected chi connectivity index (χ3v) is 4.43. The second-order valence-electron chi connectivity index (χ2n) is 5.10. The summed E-state index contributed by atoms with van der Waals surface area (Å²) in [5, 5.41) is 12.4. The predicted molar refractivity (Wildman–Crippen MR) is 89.3 cm³/mol. The van der Waals surface area contributed by atoms with Crippen LogP contribution in [-0.2, 0) is 5.75 Å². The van der Waals surface area contributed by atoms with E-state index in [1.807, 2.05) is 0 Å². The maximum Gasteiger partial charge on any atom is 0.210 e. The summed E-state index contributed by atoms with van der Waals surface area (Å²) in [6.45, 7) is 0. The number of hydrogen-bond donors (Lipinski definition) is 1. The monoisotopic (exact) mass is 357 g/mol. The second kappa shape index (κ2) is 6.44. The summed E-state index contributed by atoms with van der Waals surface area (Å²) in [6, 6.07) is 11.6. The van der Waals surface area contributed by atoms with Crippen molar-refractivity contribution < 1.29 is 13.3 Å². The molecule has 1 aromatic carbocycles. The van der Waals surface area contributed by atoms with E-state index in [4.69, 9.17) is 14.8 Å². The maximum atomic E-state index is 13.9. The van der Waals surface area contributed by atoms with Gasteiger partial charge < -0.3 is 14.8 Å². The molecule has 4 rings (SSSR count). The van der Waals surface area contributed by atoms with Crippen LogP contribution in [0.15, 0.2) is 62.8 Å². The molecule has 126 valence electrons. The first-order valence-electron chi connectivity index (χ1n) is 7.30. The van der Waals surface area contributed by atoms with E-state index in [-0.39, 0.29) is 5.82 Å². The first-order valence-corrected chi connectivity index (χ1v) is 8.28. The van der Waals surface area contributed by atoms with E-state index in [9.17, 15) is 4.39 Å². The SMILES string of the molecule is Nn1c(SCc2cc(-c3ccco3)on2)nnc1-c1ccccc1F. The van der Waals surface area contributed by atoms with Gasteiger partial charge in [0.1, 0.15) is 5.82 Å². The lowest BCUT2D eigenvalue weighted by Gasteiger charge is -2.03. The molecule has 4 aromatic rings. The van der Waals surface area contributed by atoms with Crippen molar-refractivity contribution in [3.63, 3.8) is 0 Å². The molecule has 3 heterocycles. The Bertz CT molecular complexity index is 996. The summed E-state index contributed by atoms with van der Waals surface area (Å²) in [7, 11) is 0. The molecular formula is C16H12FN5O2S. The van der Waals surface area contributed by atoms with Crippen LogP contribution in [0.3, 0.4) is 0 Å². The van der Waals surface area contributed by atoms with Crippen LogP contribution in [0.4, 0.5) is 4.39 Å². The van der Waals surface area contributed by atoms with Gasteiger partial charge in [-0.25, -0.2) is 9.07 Å². The van der Waals surface area contributed by atoms with Gasteiger partial charge in [0, 0.05) is 11.8 Å². The molecule has 0 aliphatic rings. The van der Waals surface area contributed by atoms with E-state index in [1.165, 1.54) is 22.5 Å². The van der Waals surface area contributed by atoms with Crippen molar-refractivity contribution in [2.75, 3.05) is 5.84 Å². The Kier molecular flexibility index (Phi) is 3.98. The molecule has 2 N–H and O–H groups in total. The Morgan fingerprint density at radius 1 is 1.12 bits per heavy atom. The molecule has 0 radical (unpaired) electrons. The molecule has 3 aromatic heterocycles. The molecule has 0 aliphatic heterocycles. The summed E-state index contributed by atoms with van der Waals surface area (Å²) in [6.07, 6.45) is 1.56. The number of thioether (sulfide) groups is 1. The Hall–Kier alpha value is -3.07. The van der Waals surface area contributed by atoms with Gasteiger partial charge in [0.2, 0.25) is 10.9 Å². The van der Waals surface area contributed by atoms with E-state index in [0.717, 1.165) is 0 Å². The van der Waals surface area contributed by atoms with Crippen LogP contribution >= 0.6 is 11.8 Å². The Labute approximate surface area is 145 Å². The van der Waals surface area contributed by atoms with Gasteiger partial charge in [-0.3, -0.25) is 0 Å². The number of benzene rings is 1. The van der Waals surface area contributed by atoms with Gasteiger partial charge in [-0.2, -0.15) is 0 Å². The fourth-order valence-electron chi connectivity index (χ4n) is 2.25. The lowest BCUT2D eigenvalue weighted by Crippen LogP contribution is -2.12. The quantitative estimate of drug-likeness (QED) is 0.432. The fourth-order valence-corrected chi connectivity index (χ4v) is 2.99. The van der Waals surface area contributed by atoms with Gasteiger partial charge >= 0.3 is 0 Å². The van der Waals surface area contributed by atoms with Crippen LogP contribution in [0.5, 0.6) is 0 Å². The predicted octanol–water partition coefficient (Wildman–Crippen LogP) is 3.34. The number of aromatic nitrogens is 4. The minimum absolute atomic E-state index is 0.261. The maximum absolute atomic E-state index is 13.9. The molecule has 0 spiro atoms. The number of furan rings is 1. The highest BCUT2D eigenvalue weighted by Gasteiger charge is 2.16. The molecule has 0 aliphatic carbocycles. The van der Waals surface area contributed by atoms with Crippen LogP contribution in [0.1, 0.15) is 5.69 Å². The number of nitrogen functional groups attached to an aromatic ring is 1. The summed E-state index contributed by atoms with van der Waals surface area (Å²) in [4.78, 5) is 0. The summed E-state index contributed by atoms with van der Waals surface area (Å²) < 4.78 is 25.6. The van der Waals surface area contributed by atoms with Crippen molar-refractivity contribution in [2.24, 2.45) is 0 Å². The van der Waals surface area contributed by atoms with Crippen molar-refractivity contribution in [3.8, 4) is 22.9 Å². The van der Waals surface area contributed by atoms with Crippen molar-refractivity contribution in [3.05, 3.63) is 60.2 Å². The zero-order valence-electron chi connectivity index (χ0n) is 12.8. The minimum Gasteiger partial charge on any atom is -0.461 e. The van der Waals surface area contributed by atoms with E-state index in [2.05, 4.69) is 15.4 Å². The van der Waals surface area contributed by atoms with Gasteiger partial charge in [0.15, 0.2) is 11.6 Å². The van der Waals surface area contributed by atoms with Crippen molar-refractivity contribution in [1.82, 2.24) is 20.0 Å². The first-order chi connectivity index (χ1) is 12.2. The summed E-state index contributed by atoms with van der Waals surface area (Å²) >= 11 is 1.32. The average Bonchev–Trinajstić information content (AvgIpc) is 3.35. The average molecular weight is 357 g/mol. The Balaban J connectivity index is 1.50.